The molecule has 1 aliphatic rings. The molecule has 3 aromatic rings. The molecule has 0 unspecified atom stereocenters. The van der Waals surface area contributed by atoms with E-state index in [1.54, 1.807) is 23.1 Å². The van der Waals surface area contributed by atoms with Crippen molar-refractivity contribution in [3.05, 3.63) is 89.5 Å². The average Bonchev–Trinajstić information content (AvgIpc) is 2.72. The number of anilines is 2. The van der Waals surface area contributed by atoms with Crippen LogP contribution in [0.3, 0.4) is 0 Å². The van der Waals surface area contributed by atoms with Gasteiger partial charge in [-0.2, -0.15) is 0 Å². The molecule has 0 fully saturated rings. The molecule has 5 nitrogen and oxygen atoms in total. The molecule has 5 heteroatoms. The Morgan fingerprint density at radius 1 is 1.00 bits per heavy atom. The van der Waals surface area contributed by atoms with Crippen molar-refractivity contribution in [3.8, 4) is 5.75 Å². The summed E-state index contributed by atoms with van der Waals surface area (Å²) >= 11 is 0. The lowest BCUT2D eigenvalue weighted by Crippen LogP contribution is -2.38. The zero-order chi connectivity index (χ0) is 20.2. The van der Waals surface area contributed by atoms with Gasteiger partial charge >= 0.3 is 0 Å². The lowest BCUT2D eigenvalue weighted by Gasteiger charge is -2.30. The lowest BCUT2D eigenvalue weighted by atomic mass is 10.1. The lowest BCUT2D eigenvalue weighted by molar-refractivity contribution is -0.121. The van der Waals surface area contributed by atoms with Crippen LogP contribution in [0.5, 0.6) is 5.75 Å². The van der Waals surface area contributed by atoms with E-state index in [9.17, 15) is 9.59 Å². The van der Waals surface area contributed by atoms with Gasteiger partial charge < -0.3 is 15.0 Å². The van der Waals surface area contributed by atoms with E-state index in [0.29, 0.717) is 30.1 Å². The van der Waals surface area contributed by atoms with Gasteiger partial charge in [0.1, 0.15) is 5.75 Å². The Morgan fingerprint density at radius 2 is 1.76 bits per heavy atom. The van der Waals surface area contributed by atoms with Crippen molar-refractivity contribution in [2.75, 3.05) is 16.8 Å². The van der Waals surface area contributed by atoms with Crippen LogP contribution >= 0.6 is 0 Å². The van der Waals surface area contributed by atoms with Gasteiger partial charge in [-0.25, -0.2) is 0 Å². The van der Waals surface area contributed by atoms with Crippen LogP contribution in [0.25, 0.3) is 0 Å². The van der Waals surface area contributed by atoms with E-state index in [1.807, 2.05) is 61.5 Å². The standard InChI is InChI=1S/C24H22N2O3/c1-17-7-9-19(10-8-17)15-26-21-14-20(11-12-22(21)29-16-24(26)28)25-23(27)13-18-5-3-2-4-6-18/h2-12,14H,13,15-16H2,1H3,(H,25,27). The Morgan fingerprint density at radius 3 is 2.52 bits per heavy atom. The summed E-state index contributed by atoms with van der Waals surface area (Å²) in [5.41, 5.74) is 4.46. The van der Waals surface area contributed by atoms with E-state index in [2.05, 4.69) is 5.32 Å². The molecule has 0 aromatic heterocycles. The molecule has 0 atom stereocenters. The zero-order valence-corrected chi connectivity index (χ0v) is 16.2. The maximum atomic E-state index is 12.5. The van der Waals surface area contributed by atoms with Crippen molar-refractivity contribution >= 4 is 23.2 Å². The van der Waals surface area contributed by atoms with Gasteiger partial charge in [-0.1, -0.05) is 60.2 Å². The minimum absolute atomic E-state index is 0.0125. The largest absolute Gasteiger partial charge is 0.482 e. The molecule has 0 bridgehead atoms. The van der Waals surface area contributed by atoms with E-state index in [-0.39, 0.29) is 18.4 Å². The number of ether oxygens (including phenoxy) is 1. The molecular weight excluding hydrogens is 364 g/mol. The summed E-state index contributed by atoms with van der Waals surface area (Å²) in [7, 11) is 0. The van der Waals surface area contributed by atoms with Gasteiger partial charge in [0.05, 0.1) is 18.7 Å². The van der Waals surface area contributed by atoms with Crippen molar-refractivity contribution in [2.24, 2.45) is 0 Å². The number of aryl methyl sites for hydroxylation is 1. The number of nitrogens with zero attached hydrogens (tertiary/aromatic N) is 1. The molecule has 1 heterocycles. The Hall–Kier alpha value is -3.60. The Kier molecular flexibility index (Phi) is 5.29. The fraction of sp³-hybridized carbons (Fsp3) is 0.167. The molecule has 146 valence electrons. The molecule has 29 heavy (non-hydrogen) atoms. The number of rotatable bonds is 5. The first-order valence-corrected chi connectivity index (χ1v) is 9.55. The van der Waals surface area contributed by atoms with Gasteiger partial charge in [-0.3, -0.25) is 9.59 Å². The monoisotopic (exact) mass is 386 g/mol. The maximum absolute atomic E-state index is 12.5. The Labute approximate surface area is 169 Å². The Bertz CT molecular complexity index is 1030. The number of hydrogen-bond acceptors (Lipinski definition) is 3. The van der Waals surface area contributed by atoms with E-state index in [4.69, 9.17) is 4.74 Å². The molecule has 0 saturated carbocycles. The predicted molar refractivity (Wildman–Crippen MR) is 113 cm³/mol. The third kappa shape index (κ3) is 4.46. The molecule has 0 saturated heterocycles. The van der Waals surface area contributed by atoms with Crippen LogP contribution in [0.2, 0.25) is 0 Å². The van der Waals surface area contributed by atoms with Gasteiger partial charge in [-0.15, -0.1) is 0 Å². The number of fused-ring (bicyclic) bond motifs is 1. The summed E-state index contributed by atoms with van der Waals surface area (Å²) in [5, 5.41) is 2.91. The summed E-state index contributed by atoms with van der Waals surface area (Å²) in [6.45, 7) is 2.50. The maximum Gasteiger partial charge on any atom is 0.265 e. The van der Waals surface area contributed by atoms with Crippen LogP contribution in [0.1, 0.15) is 16.7 Å². The van der Waals surface area contributed by atoms with Crippen LogP contribution in [-0.4, -0.2) is 18.4 Å². The van der Waals surface area contributed by atoms with Crippen LogP contribution in [0, 0.1) is 6.92 Å². The fourth-order valence-corrected chi connectivity index (χ4v) is 3.32. The van der Waals surface area contributed by atoms with Crippen molar-refractivity contribution < 1.29 is 14.3 Å². The molecule has 0 radical (unpaired) electrons. The number of amides is 2. The second-order valence-corrected chi connectivity index (χ2v) is 7.15. The number of nitrogens with one attached hydrogen (secondary N) is 1. The predicted octanol–water partition coefficient (Wildman–Crippen LogP) is 4.10. The molecule has 0 aliphatic carbocycles. The highest BCUT2D eigenvalue weighted by Gasteiger charge is 2.26. The summed E-state index contributed by atoms with van der Waals surface area (Å²) in [5.74, 6) is 0.424. The van der Waals surface area contributed by atoms with E-state index in [1.165, 1.54) is 5.56 Å². The van der Waals surface area contributed by atoms with Gasteiger partial charge in [0.25, 0.3) is 5.91 Å². The number of benzene rings is 3. The molecule has 3 aromatic carbocycles. The first-order chi connectivity index (χ1) is 14.1. The molecule has 0 spiro atoms. The molecule has 1 aliphatic heterocycles. The van der Waals surface area contributed by atoms with Crippen LogP contribution in [-0.2, 0) is 22.6 Å². The van der Waals surface area contributed by atoms with Crippen molar-refractivity contribution in [3.63, 3.8) is 0 Å². The highest BCUT2D eigenvalue weighted by atomic mass is 16.5. The molecule has 2 amide bonds. The second-order valence-electron chi connectivity index (χ2n) is 7.15. The highest BCUT2D eigenvalue weighted by Crippen LogP contribution is 2.35. The fourth-order valence-electron chi connectivity index (χ4n) is 3.32. The van der Waals surface area contributed by atoms with E-state index < -0.39 is 0 Å². The van der Waals surface area contributed by atoms with Crippen LogP contribution in [0.15, 0.2) is 72.8 Å². The summed E-state index contributed by atoms with van der Waals surface area (Å²) < 4.78 is 5.57. The highest BCUT2D eigenvalue weighted by molar-refractivity contribution is 5.99. The third-order valence-corrected chi connectivity index (χ3v) is 4.85. The zero-order valence-electron chi connectivity index (χ0n) is 16.2. The Balaban J connectivity index is 1.53. The van der Waals surface area contributed by atoms with E-state index in [0.717, 1.165) is 11.1 Å². The number of hydrogen-bond donors (Lipinski definition) is 1. The summed E-state index contributed by atoms with van der Waals surface area (Å²) in [4.78, 5) is 26.6. The van der Waals surface area contributed by atoms with Crippen molar-refractivity contribution in [2.45, 2.75) is 19.9 Å². The van der Waals surface area contributed by atoms with Gasteiger partial charge in [-0.05, 0) is 36.2 Å². The molecule has 4 rings (SSSR count). The number of carbonyl (C=O) groups excluding carboxylic acids is 2. The normalized spacial score (nSPS) is 12.9. The van der Waals surface area contributed by atoms with E-state index >= 15 is 0 Å². The molecule has 1 N–H and O–H groups in total. The third-order valence-electron chi connectivity index (χ3n) is 4.85. The summed E-state index contributed by atoms with van der Waals surface area (Å²) in [6.07, 6.45) is 0.292. The van der Waals surface area contributed by atoms with Gasteiger partial charge in [0, 0.05) is 5.69 Å². The number of carbonyl (C=O) groups is 2. The minimum Gasteiger partial charge on any atom is -0.482 e. The van der Waals surface area contributed by atoms with Crippen LogP contribution in [0.4, 0.5) is 11.4 Å². The van der Waals surface area contributed by atoms with Crippen molar-refractivity contribution in [1.82, 2.24) is 0 Å². The molecular formula is C24H22N2O3. The van der Waals surface area contributed by atoms with Gasteiger partial charge in [0.2, 0.25) is 5.91 Å². The van der Waals surface area contributed by atoms with Crippen molar-refractivity contribution in [1.29, 1.82) is 0 Å². The van der Waals surface area contributed by atoms with Gasteiger partial charge in [0.15, 0.2) is 6.61 Å². The topological polar surface area (TPSA) is 58.6 Å². The first kappa shape index (κ1) is 18.7. The smallest absolute Gasteiger partial charge is 0.265 e. The van der Waals surface area contributed by atoms with Crippen LogP contribution < -0.4 is 15.0 Å². The SMILES string of the molecule is Cc1ccc(CN2C(=O)COc3ccc(NC(=O)Cc4ccccc4)cc32)cc1. The first-order valence-electron chi connectivity index (χ1n) is 9.55. The minimum atomic E-state index is -0.107. The second kappa shape index (κ2) is 8.19. The quantitative estimate of drug-likeness (QED) is 0.718. The summed E-state index contributed by atoms with van der Waals surface area (Å²) in [6, 6.07) is 23.1. The average molecular weight is 386 g/mol.